The lowest BCUT2D eigenvalue weighted by atomic mass is 10.0. The number of carbonyl (C=O) groups is 1. The number of hydrogen-bond acceptors (Lipinski definition) is 8. The summed E-state index contributed by atoms with van der Waals surface area (Å²) in [5.74, 6) is 0. The largest absolute Gasteiger partial charge is 0.444 e. The summed E-state index contributed by atoms with van der Waals surface area (Å²) < 4.78 is 5.40. The Balaban J connectivity index is 1.66. The predicted molar refractivity (Wildman–Crippen MR) is 129 cm³/mol. The summed E-state index contributed by atoms with van der Waals surface area (Å²) in [7, 11) is 0. The van der Waals surface area contributed by atoms with E-state index in [9.17, 15) is 14.9 Å². The Morgan fingerprint density at radius 2 is 2.09 bits per heavy atom. The van der Waals surface area contributed by atoms with E-state index in [4.69, 9.17) is 16.3 Å². The molecule has 0 bridgehead atoms. The van der Waals surface area contributed by atoms with Crippen LogP contribution in [-0.2, 0) is 4.74 Å². The van der Waals surface area contributed by atoms with Crippen LogP contribution in [0, 0.1) is 10.1 Å². The minimum absolute atomic E-state index is 0.0798. The molecule has 1 amide bonds. The molecule has 1 fully saturated rings. The first-order chi connectivity index (χ1) is 16.1. The molecule has 10 nitrogen and oxygen atoms in total. The summed E-state index contributed by atoms with van der Waals surface area (Å²) >= 11 is 6.01. The fourth-order valence-corrected chi connectivity index (χ4v) is 4.14. The molecule has 34 heavy (non-hydrogen) atoms. The summed E-state index contributed by atoms with van der Waals surface area (Å²) in [4.78, 5) is 38.3. The number of piperidine rings is 1. The summed E-state index contributed by atoms with van der Waals surface area (Å²) in [5, 5.41) is 15.4. The Labute approximate surface area is 201 Å². The lowest BCUT2D eigenvalue weighted by Crippen LogP contribution is -2.49. The Hall–Kier alpha value is -3.53. The maximum absolute atomic E-state index is 12.3. The van der Waals surface area contributed by atoms with Gasteiger partial charge in [0.15, 0.2) is 5.69 Å². The number of hydrogen-bond donors (Lipinski definition) is 1. The van der Waals surface area contributed by atoms with Gasteiger partial charge >= 0.3 is 6.09 Å². The third kappa shape index (κ3) is 5.33. The monoisotopic (exact) mass is 484 g/mol. The number of nitrogens with one attached hydrogen (secondary N) is 1. The van der Waals surface area contributed by atoms with E-state index in [0.29, 0.717) is 17.8 Å². The van der Waals surface area contributed by atoms with Gasteiger partial charge in [-0.2, -0.15) is 0 Å². The van der Waals surface area contributed by atoms with Crippen LogP contribution in [0.25, 0.3) is 22.3 Å². The molecule has 11 heteroatoms. The Kier molecular flexibility index (Phi) is 6.52. The average molecular weight is 485 g/mol. The number of nitro groups is 1. The number of pyridine rings is 3. The first-order valence-electron chi connectivity index (χ1n) is 10.9. The minimum Gasteiger partial charge on any atom is -0.444 e. The maximum Gasteiger partial charge on any atom is 0.407 e. The highest BCUT2D eigenvalue weighted by Gasteiger charge is 2.26. The Morgan fingerprint density at radius 3 is 2.82 bits per heavy atom. The normalized spacial score (nSPS) is 16.4. The Morgan fingerprint density at radius 1 is 1.29 bits per heavy atom. The summed E-state index contributed by atoms with van der Waals surface area (Å²) in [5.41, 5.74) is 1.22. The second-order valence-corrected chi connectivity index (χ2v) is 9.49. The van der Waals surface area contributed by atoms with Crippen LogP contribution in [0.2, 0.25) is 5.15 Å². The first-order valence-corrected chi connectivity index (χ1v) is 11.3. The van der Waals surface area contributed by atoms with Crippen LogP contribution in [-0.4, -0.2) is 50.7 Å². The van der Waals surface area contributed by atoms with E-state index >= 15 is 0 Å². The number of anilines is 1. The topological polar surface area (TPSA) is 123 Å². The maximum atomic E-state index is 12.3. The highest BCUT2D eigenvalue weighted by atomic mass is 35.5. The van der Waals surface area contributed by atoms with E-state index in [0.717, 1.165) is 30.5 Å². The second kappa shape index (κ2) is 9.38. The molecule has 4 rings (SSSR count). The van der Waals surface area contributed by atoms with Gasteiger partial charge in [-0.15, -0.1) is 0 Å². The van der Waals surface area contributed by atoms with Gasteiger partial charge in [0.2, 0.25) is 0 Å². The molecule has 3 aromatic rings. The van der Waals surface area contributed by atoms with Gasteiger partial charge in [-0.25, -0.2) is 9.78 Å². The lowest BCUT2D eigenvalue weighted by molar-refractivity contribution is -0.384. The van der Waals surface area contributed by atoms with Crippen LogP contribution < -0.4 is 10.2 Å². The number of carbonyl (C=O) groups excluding carboxylic acids is 1. The summed E-state index contributed by atoms with van der Waals surface area (Å²) in [6, 6.07) is 6.25. The van der Waals surface area contributed by atoms with Crippen molar-refractivity contribution in [2.75, 3.05) is 18.0 Å². The molecule has 0 radical (unpaired) electrons. The van der Waals surface area contributed by atoms with E-state index < -0.39 is 16.6 Å². The van der Waals surface area contributed by atoms with Crippen LogP contribution >= 0.6 is 11.6 Å². The van der Waals surface area contributed by atoms with E-state index in [1.165, 1.54) is 12.1 Å². The van der Waals surface area contributed by atoms with Gasteiger partial charge in [0.25, 0.3) is 5.69 Å². The smallest absolute Gasteiger partial charge is 0.407 e. The van der Waals surface area contributed by atoms with Crippen molar-refractivity contribution in [3.63, 3.8) is 0 Å². The molecule has 1 aliphatic heterocycles. The fourth-order valence-electron chi connectivity index (χ4n) is 3.99. The molecule has 3 aromatic heterocycles. The second-order valence-electron chi connectivity index (χ2n) is 9.11. The third-order valence-corrected chi connectivity index (χ3v) is 5.58. The number of amides is 1. The van der Waals surface area contributed by atoms with Gasteiger partial charge in [-0.05, 0) is 51.8 Å². The molecule has 1 aliphatic rings. The zero-order valence-corrected chi connectivity index (χ0v) is 19.9. The number of rotatable bonds is 4. The van der Waals surface area contributed by atoms with Crippen molar-refractivity contribution >= 4 is 40.0 Å². The van der Waals surface area contributed by atoms with Crippen molar-refractivity contribution < 1.29 is 14.5 Å². The molecule has 0 spiro atoms. The molecule has 1 atom stereocenters. The number of alkyl carbamates (subject to hydrolysis) is 1. The van der Waals surface area contributed by atoms with Crippen molar-refractivity contribution in [3.05, 3.63) is 51.9 Å². The zero-order valence-electron chi connectivity index (χ0n) is 19.1. The zero-order chi connectivity index (χ0) is 24.5. The highest BCUT2D eigenvalue weighted by molar-refractivity contribution is 6.29. The minimum atomic E-state index is -0.569. The van der Waals surface area contributed by atoms with Crippen LogP contribution in [0.4, 0.5) is 16.2 Å². The van der Waals surface area contributed by atoms with Crippen molar-refractivity contribution in [1.29, 1.82) is 0 Å². The fraction of sp³-hybridized carbons (Fsp3) is 0.391. The van der Waals surface area contributed by atoms with Crippen LogP contribution in [0.15, 0.2) is 36.7 Å². The van der Waals surface area contributed by atoms with Crippen LogP contribution in [0.1, 0.15) is 33.6 Å². The Bertz CT molecular complexity index is 1250. The molecule has 0 aliphatic carbocycles. The predicted octanol–water partition coefficient (Wildman–Crippen LogP) is 4.75. The van der Waals surface area contributed by atoms with E-state index in [-0.39, 0.29) is 22.6 Å². The van der Waals surface area contributed by atoms with Crippen LogP contribution in [0.3, 0.4) is 0 Å². The molecule has 1 saturated heterocycles. The van der Waals surface area contributed by atoms with Crippen molar-refractivity contribution in [1.82, 2.24) is 20.3 Å². The number of aromatic nitrogens is 3. The number of fused-ring (bicyclic) bond motifs is 1. The van der Waals surface area contributed by atoms with Gasteiger partial charge in [-0.1, -0.05) is 11.6 Å². The van der Waals surface area contributed by atoms with E-state index in [1.54, 1.807) is 18.5 Å². The van der Waals surface area contributed by atoms with Crippen molar-refractivity contribution in [3.8, 4) is 11.4 Å². The quantitative estimate of drug-likeness (QED) is 0.319. The van der Waals surface area contributed by atoms with E-state index in [1.807, 2.05) is 26.8 Å². The van der Waals surface area contributed by atoms with Crippen molar-refractivity contribution in [2.24, 2.45) is 0 Å². The third-order valence-electron chi connectivity index (χ3n) is 5.37. The van der Waals surface area contributed by atoms with Gasteiger partial charge in [0.05, 0.1) is 22.3 Å². The SMILES string of the molecule is CC(C)(C)OC(=O)NC1CCCN(c2ccnc3cnc(-c4nc(Cl)ccc4[N+](=O)[O-])cc23)C1. The van der Waals surface area contributed by atoms with Gasteiger partial charge in [-0.3, -0.25) is 20.1 Å². The molecular formula is C23H25ClN6O4. The molecule has 1 unspecified atom stereocenters. The van der Waals surface area contributed by atoms with E-state index in [2.05, 4.69) is 25.2 Å². The highest BCUT2D eigenvalue weighted by Crippen LogP contribution is 2.33. The number of ether oxygens (including phenoxy) is 1. The van der Waals surface area contributed by atoms with Gasteiger partial charge < -0.3 is 15.0 Å². The standard InChI is InChI=1S/C23H25ClN6O4/c1-23(2,3)34-22(31)27-14-5-4-10-29(13-14)18-8-9-25-17-12-26-16(11-15(17)18)21-19(30(32)33)6-7-20(24)28-21/h6-9,11-12,14H,4-5,10,13H2,1-3H3,(H,27,31). The van der Waals surface area contributed by atoms with Crippen LogP contribution in [0.5, 0.6) is 0 Å². The molecule has 178 valence electrons. The molecular weight excluding hydrogens is 460 g/mol. The summed E-state index contributed by atoms with van der Waals surface area (Å²) in [6.07, 6.45) is 4.54. The molecule has 1 N–H and O–H groups in total. The number of nitrogens with zero attached hydrogens (tertiary/aromatic N) is 5. The molecule has 4 heterocycles. The van der Waals surface area contributed by atoms with Gasteiger partial charge in [0, 0.05) is 42.5 Å². The molecule has 0 saturated carbocycles. The first kappa shape index (κ1) is 23.6. The van der Waals surface area contributed by atoms with Gasteiger partial charge in [0.1, 0.15) is 10.8 Å². The number of halogens is 1. The van der Waals surface area contributed by atoms with Crippen molar-refractivity contribution in [2.45, 2.75) is 45.3 Å². The summed E-state index contributed by atoms with van der Waals surface area (Å²) in [6.45, 7) is 6.86. The lowest BCUT2D eigenvalue weighted by Gasteiger charge is -2.35. The average Bonchev–Trinajstić information content (AvgIpc) is 2.77. The molecule has 0 aromatic carbocycles.